The summed E-state index contributed by atoms with van der Waals surface area (Å²) in [6, 6.07) is 8.11. The zero-order valence-electron chi connectivity index (χ0n) is 16.4. The summed E-state index contributed by atoms with van der Waals surface area (Å²) in [6.45, 7) is 9.24. The SMILES string of the molecule is Cc1c(Cl)cccc1[C@@H](C)Nc1nnc(C)c2cnc(N3CCOCC3)cc12. The highest BCUT2D eigenvalue weighted by atomic mass is 35.5. The minimum Gasteiger partial charge on any atom is -0.378 e. The summed E-state index contributed by atoms with van der Waals surface area (Å²) in [5.41, 5.74) is 3.09. The third kappa shape index (κ3) is 3.62. The minimum absolute atomic E-state index is 0.0407. The second-order valence-electron chi connectivity index (χ2n) is 7.14. The summed E-state index contributed by atoms with van der Waals surface area (Å²) in [4.78, 5) is 6.90. The number of fused-ring (bicyclic) bond motifs is 1. The molecule has 3 heterocycles. The van der Waals surface area contributed by atoms with Crippen LogP contribution >= 0.6 is 11.6 Å². The number of nitrogens with one attached hydrogen (secondary N) is 1. The van der Waals surface area contributed by atoms with Crippen molar-refractivity contribution in [1.29, 1.82) is 0 Å². The van der Waals surface area contributed by atoms with Gasteiger partial charge in [0.15, 0.2) is 5.82 Å². The number of morpholine rings is 1. The summed E-state index contributed by atoms with van der Waals surface area (Å²) < 4.78 is 5.46. The Kier molecular flexibility index (Phi) is 5.33. The lowest BCUT2D eigenvalue weighted by Crippen LogP contribution is -2.36. The van der Waals surface area contributed by atoms with Crippen LogP contribution in [0.25, 0.3) is 10.8 Å². The van der Waals surface area contributed by atoms with Crippen molar-refractivity contribution in [3.05, 3.63) is 52.3 Å². The van der Waals surface area contributed by atoms with Gasteiger partial charge in [-0.3, -0.25) is 0 Å². The third-order valence-corrected chi connectivity index (χ3v) is 5.71. The van der Waals surface area contributed by atoms with Gasteiger partial charge in [0, 0.05) is 35.1 Å². The topological polar surface area (TPSA) is 63.2 Å². The Balaban J connectivity index is 1.71. The van der Waals surface area contributed by atoms with Crippen LogP contribution in [0.1, 0.15) is 29.8 Å². The Hall–Kier alpha value is -2.44. The molecule has 1 saturated heterocycles. The first kappa shape index (κ1) is 18.9. The quantitative estimate of drug-likeness (QED) is 0.708. The zero-order chi connectivity index (χ0) is 19.7. The standard InChI is InChI=1S/C21H24ClN5O/c1-13-16(5-4-6-19(13)22)14(2)24-21-17-11-20(27-7-9-28-10-8-27)23-12-18(17)15(3)25-26-21/h4-6,11-12,14H,7-10H2,1-3H3,(H,24,26)/t14-/m1/s1. The second-order valence-corrected chi connectivity index (χ2v) is 7.55. The molecule has 0 spiro atoms. The molecular formula is C21H24ClN5O. The summed E-state index contributed by atoms with van der Waals surface area (Å²) in [5, 5.41) is 15.1. The Morgan fingerprint density at radius 3 is 2.71 bits per heavy atom. The molecule has 0 unspecified atom stereocenters. The lowest BCUT2D eigenvalue weighted by Gasteiger charge is -2.28. The summed E-state index contributed by atoms with van der Waals surface area (Å²) in [5.74, 6) is 1.70. The summed E-state index contributed by atoms with van der Waals surface area (Å²) in [7, 11) is 0. The molecule has 1 aliphatic rings. The second kappa shape index (κ2) is 7.89. The van der Waals surface area contributed by atoms with Crippen molar-refractivity contribution in [2.45, 2.75) is 26.8 Å². The normalized spacial score (nSPS) is 15.6. The van der Waals surface area contributed by atoms with Gasteiger partial charge in [0.1, 0.15) is 5.82 Å². The Labute approximate surface area is 169 Å². The Morgan fingerprint density at radius 2 is 1.93 bits per heavy atom. The van der Waals surface area contributed by atoms with Crippen LogP contribution in [0.4, 0.5) is 11.6 Å². The maximum Gasteiger partial charge on any atom is 0.157 e. The van der Waals surface area contributed by atoms with Crippen molar-refractivity contribution in [3.63, 3.8) is 0 Å². The van der Waals surface area contributed by atoms with E-state index in [-0.39, 0.29) is 6.04 Å². The molecule has 146 valence electrons. The summed E-state index contributed by atoms with van der Waals surface area (Å²) in [6.07, 6.45) is 1.89. The highest BCUT2D eigenvalue weighted by Crippen LogP contribution is 2.31. The average Bonchev–Trinajstić information content (AvgIpc) is 2.72. The van der Waals surface area contributed by atoms with Gasteiger partial charge in [-0.2, -0.15) is 5.10 Å². The van der Waals surface area contributed by atoms with Gasteiger partial charge in [-0.05, 0) is 44.0 Å². The highest BCUT2D eigenvalue weighted by Gasteiger charge is 2.17. The molecule has 4 rings (SSSR count). The molecule has 1 aromatic carbocycles. The van der Waals surface area contributed by atoms with Crippen LogP contribution in [0.15, 0.2) is 30.5 Å². The number of halogens is 1. The van der Waals surface area contributed by atoms with Crippen molar-refractivity contribution in [2.24, 2.45) is 0 Å². The number of aryl methyl sites for hydroxylation is 1. The first-order valence-corrected chi connectivity index (χ1v) is 9.89. The van der Waals surface area contributed by atoms with Crippen molar-refractivity contribution in [1.82, 2.24) is 15.2 Å². The van der Waals surface area contributed by atoms with E-state index in [1.807, 2.05) is 32.2 Å². The lowest BCUT2D eigenvalue weighted by molar-refractivity contribution is 0.122. The van der Waals surface area contributed by atoms with Crippen molar-refractivity contribution >= 4 is 34.0 Å². The first-order valence-electron chi connectivity index (χ1n) is 9.52. The number of rotatable bonds is 4. The maximum atomic E-state index is 6.30. The van der Waals surface area contributed by atoms with E-state index in [4.69, 9.17) is 16.3 Å². The number of pyridine rings is 1. The fourth-order valence-electron chi connectivity index (χ4n) is 3.61. The van der Waals surface area contributed by atoms with Gasteiger partial charge in [-0.1, -0.05) is 23.7 Å². The monoisotopic (exact) mass is 397 g/mol. The van der Waals surface area contributed by atoms with Crippen LogP contribution in [0.3, 0.4) is 0 Å². The molecule has 0 saturated carbocycles. The van der Waals surface area contributed by atoms with Crippen LogP contribution in [-0.2, 0) is 4.74 Å². The molecular weight excluding hydrogens is 374 g/mol. The lowest BCUT2D eigenvalue weighted by atomic mass is 10.0. The van der Waals surface area contributed by atoms with E-state index in [0.29, 0.717) is 0 Å². The van der Waals surface area contributed by atoms with Gasteiger partial charge in [-0.15, -0.1) is 5.10 Å². The molecule has 0 radical (unpaired) electrons. The third-order valence-electron chi connectivity index (χ3n) is 5.30. The van der Waals surface area contributed by atoms with Gasteiger partial charge in [-0.25, -0.2) is 4.98 Å². The van der Waals surface area contributed by atoms with Crippen molar-refractivity contribution in [2.75, 3.05) is 36.5 Å². The van der Waals surface area contributed by atoms with Crippen molar-refractivity contribution < 1.29 is 4.74 Å². The van der Waals surface area contributed by atoms with E-state index in [1.165, 1.54) is 0 Å². The smallest absolute Gasteiger partial charge is 0.157 e. The molecule has 0 aliphatic carbocycles. The minimum atomic E-state index is 0.0407. The average molecular weight is 398 g/mol. The molecule has 28 heavy (non-hydrogen) atoms. The molecule has 0 amide bonds. The molecule has 1 fully saturated rings. The van der Waals surface area contributed by atoms with Crippen LogP contribution in [-0.4, -0.2) is 41.5 Å². The van der Waals surface area contributed by atoms with E-state index in [1.54, 1.807) is 0 Å². The highest BCUT2D eigenvalue weighted by molar-refractivity contribution is 6.31. The number of hydrogen-bond donors (Lipinski definition) is 1. The van der Waals surface area contributed by atoms with E-state index >= 15 is 0 Å². The molecule has 6 nitrogen and oxygen atoms in total. The molecule has 1 atom stereocenters. The predicted octanol–water partition coefficient (Wildman–Crippen LogP) is 4.30. The maximum absolute atomic E-state index is 6.30. The number of benzene rings is 1. The molecule has 1 aliphatic heterocycles. The molecule has 7 heteroatoms. The van der Waals surface area contributed by atoms with Crippen LogP contribution in [0.2, 0.25) is 5.02 Å². The van der Waals surface area contributed by atoms with Gasteiger partial charge in [0.05, 0.1) is 24.9 Å². The van der Waals surface area contributed by atoms with E-state index in [0.717, 1.165) is 70.6 Å². The first-order chi connectivity index (χ1) is 13.5. The largest absolute Gasteiger partial charge is 0.378 e. The van der Waals surface area contributed by atoms with E-state index in [2.05, 4.69) is 44.5 Å². The molecule has 0 bridgehead atoms. The van der Waals surface area contributed by atoms with E-state index < -0.39 is 0 Å². The fraction of sp³-hybridized carbons (Fsp3) is 0.381. The Morgan fingerprint density at radius 1 is 1.14 bits per heavy atom. The summed E-state index contributed by atoms with van der Waals surface area (Å²) >= 11 is 6.30. The van der Waals surface area contributed by atoms with Crippen LogP contribution in [0.5, 0.6) is 0 Å². The zero-order valence-corrected chi connectivity index (χ0v) is 17.1. The number of anilines is 2. The molecule has 2 aromatic heterocycles. The Bertz CT molecular complexity index is 1000. The predicted molar refractivity (Wildman–Crippen MR) is 113 cm³/mol. The molecule has 3 aromatic rings. The van der Waals surface area contributed by atoms with E-state index in [9.17, 15) is 0 Å². The van der Waals surface area contributed by atoms with Gasteiger partial charge < -0.3 is 15.0 Å². The van der Waals surface area contributed by atoms with Crippen LogP contribution in [0, 0.1) is 13.8 Å². The number of aromatic nitrogens is 3. The van der Waals surface area contributed by atoms with Gasteiger partial charge in [0.25, 0.3) is 0 Å². The van der Waals surface area contributed by atoms with Gasteiger partial charge in [0.2, 0.25) is 0 Å². The number of ether oxygens (including phenoxy) is 1. The van der Waals surface area contributed by atoms with Gasteiger partial charge >= 0.3 is 0 Å². The van der Waals surface area contributed by atoms with Crippen LogP contribution < -0.4 is 10.2 Å². The number of nitrogens with zero attached hydrogens (tertiary/aromatic N) is 4. The fourth-order valence-corrected chi connectivity index (χ4v) is 3.79. The van der Waals surface area contributed by atoms with Crippen molar-refractivity contribution in [3.8, 4) is 0 Å². The molecule has 1 N–H and O–H groups in total. The number of hydrogen-bond acceptors (Lipinski definition) is 6.